The van der Waals surface area contributed by atoms with E-state index in [-0.39, 0.29) is 11.9 Å². The molecule has 2 aromatic carbocycles. The van der Waals surface area contributed by atoms with Crippen molar-refractivity contribution >= 4 is 22.4 Å². The highest BCUT2D eigenvalue weighted by atomic mass is 32.1. The second kappa shape index (κ2) is 9.30. The number of carbonyl (C=O) groups is 1. The van der Waals surface area contributed by atoms with Crippen LogP contribution in [0.2, 0.25) is 0 Å². The maximum Gasteiger partial charge on any atom is 0.251 e. The highest BCUT2D eigenvalue weighted by Gasteiger charge is 2.23. The number of methoxy groups -OCH3 is 1. The van der Waals surface area contributed by atoms with Crippen LogP contribution in [0.15, 0.2) is 47.8 Å². The van der Waals surface area contributed by atoms with Gasteiger partial charge in [-0.15, -0.1) is 11.3 Å². The highest BCUT2D eigenvalue weighted by molar-refractivity contribution is 7.14. The van der Waals surface area contributed by atoms with Gasteiger partial charge >= 0.3 is 0 Å². The Kier molecular flexibility index (Phi) is 6.10. The van der Waals surface area contributed by atoms with Crippen molar-refractivity contribution in [2.75, 3.05) is 38.3 Å². The van der Waals surface area contributed by atoms with Crippen molar-refractivity contribution < 1.29 is 14.3 Å². The van der Waals surface area contributed by atoms with Gasteiger partial charge in [-0.1, -0.05) is 24.3 Å². The second-order valence-corrected chi connectivity index (χ2v) is 8.98. The number of morpholine rings is 1. The van der Waals surface area contributed by atoms with E-state index in [1.807, 2.05) is 29.6 Å². The Bertz CT molecular complexity index is 1110. The normalized spacial score (nSPS) is 18.2. The molecule has 3 aromatic rings. The Morgan fingerprint density at radius 3 is 2.91 bits per heavy atom. The minimum Gasteiger partial charge on any atom is -0.496 e. The molecule has 32 heavy (non-hydrogen) atoms. The zero-order valence-electron chi connectivity index (χ0n) is 18.2. The van der Waals surface area contributed by atoms with Gasteiger partial charge in [0, 0.05) is 29.6 Å². The van der Waals surface area contributed by atoms with E-state index in [2.05, 4.69) is 28.4 Å². The first-order valence-corrected chi connectivity index (χ1v) is 12.0. The molecule has 6 nitrogen and oxygen atoms in total. The Morgan fingerprint density at radius 2 is 2.06 bits per heavy atom. The third kappa shape index (κ3) is 4.23. The molecule has 1 aliphatic carbocycles. The number of hydrogen-bond acceptors (Lipinski definition) is 6. The SMILES string of the molecule is COc1ccc(C(=O)NC2CCCc3ccccc32)cc1-c1csc(N2CCOCC2)n1. The summed E-state index contributed by atoms with van der Waals surface area (Å²) in [7, 11) is 1.65. The van der Waals surface area contributed by atoms with Gasteiger partial charge in [-0.05, 0) is 48.6 Å². The molecular weight excluding hydrogens is 422 g/mol. The molecule has 7 heteroatoms. The van der Waals surface area contributed by atoms with Crippen LogP contribution in [0.25, 0.3) is 11.3 Å². The molecule has 1 unspecified atom stereocenters. The summed E-state index contributed by atoms with van der Waals surface area (Å²) in [5.41, 5.74) is 4.84. The van der Waals surface area contributed by atoms with Gasteiger partial charge in [0.25, 0.3) is 5.91 Å². The molecule has 0 saturated carbocycles. The van der Waals surface area contributed by atoms with Gasteiger partial charge in [-0.25, -0.2) is 4.98 Å². The molecule has 166 valence electrons. The van der Waals surface area contributed by atoms with Gasteiger partial charge in [-0.2, -0.15) is 0 Å². The van der Waals surface area contributed by atoms with E-state index >= 15 is 0 Å². The molecule has 0 spiro atoms. The third-order valence-electron chi connectivity index (χ3n) is 6.19. The summed E-state index contributed by atoms with van der Waals surface area (Å²) < 4.78 is 11.0. The Balaban J connectivity index is 1.39. The molecule has 1 aromatic heterocycles. The number of ether oxygens (including phenoxy) is 2. The number of hydrogen-bond donors (Lipinski definition) is 1. The van der Waals surface area contributed by atoms with Crippen molar-refractivity contribution in [1.82, 2.24) is 10.3 Å². The predicted molar refractivity (Wildman–Crippen MR) is 127 cm³/mol. The summed E-state index contributed by atoms with van der Waals surface area (Å²) in [4.78, 5) is 20.2. The zero-order chi connectivity index (χ0) is 21.9. The Morgan fingerprint density at radius 1 is 1.22 bits per heavy atom. The average molecular weight is 450 g/mol. The van der Waals surface area contributed by atoms with E-state index in [1.165, 1.54) is 11.1 Å². The Labute approximate surface area is 192 Å². The summed E-state index contributed by atoms with van der Waals surface area (Å²) in [5, 5.41) is 6.25. The maximum atomic E-state index is 13.2. The van der Waals surface area contributed by atoms with Crippen molar-refractivity contribution in [3.05, 3.63) is 64.5 Å². The maximum absolute atomic E-state index is 13.2. The fourth-order valence-electron chi connectivity index (χ4n) is 4.48. The van der Waals surface area contributed by atoms with Gasteiger partial charge < -0.3 is 19.7 Å². The fourth-order valence-corrected chi connectivity index (χ4v) is 5.36. The van der Waals surface area contributed by atoms with Gasteiger partial charge in [0.15, 0.2) is 5.13 Å². The summed E-state index contributed by atoms with van der Waals surface area (Å²) >= 11 is 1.61. The van der Waals surface area contributed by atoms with Crippen molar-refractivity contribution in [2.45, 2.75) is 25.3 Å². The molecule has 5 rings (SSSR count). The quantitative estimate of drug-likeness (QED) is 0.623. The number of benzene rings is 2. The van der Waals surface area contributed by atoms with Gasteiger partial charge in [0.05, 0.1) is 32.1 Å². The molecule has 2 aliphatic rings. The smallest absolute Gasteiger partial charge is 0.251 e. The van der Waals surface area contributed by atoms with Crippen LogP contribution >= 0.6 is 11.3 Å². The minimum absolute atomic E-state index is 0.0465. The third-order valence-corrected chi connectivity index (χ3v) is 7.09. The lowest BCUT2D eigenvalue weighted by atomic mass is 9.87. The molecule has 1 amide bonds. The number of anilines is 1. The van der Waals surface area contributed by atoms with Crippen molar-refractivity contribution in [2.24, 2.45) is 0 Å². The van der Waals surface area contributed by atoms with E-state index in [0.29, 0.717) is 11.3 Å². The lowest BCUT2D eigenvalue weighted by Crippen LogP contribution is -2.36. The lowest BCUT2D eigenvalue weighted by Gasteiger charge is -2.26. The van der Waals surface area contributed by atoms with Crippen molar-refractivity contribution in [1.29, 1.82) is 0 Å². The average Bonchev–Trinajstić information content (AvgIpc) is 3.35. The van der Waals surface area contributed by atoms with Crippen LogP contribution in [0.3, 0.4) is 0 Å². The van der Waals surface area contributed by atoms with E-state index in [4.69, 9.17) is 14.5 Å². The summed E-state index contributed by atoms with van der Waals surface area (Å²) in [6.45, 7) is 3.13. The molecule has 1 saturated heterocycles. The van der Waals surface area contributed by atoms with E-state index in [9.17, 15) is 4.79 Å². The zero-order valence-corrected chi connectivity index (χ0v) is 19.0. The molecule has 0 bridgehead atoms. The van der Waals surface area contributed by atoms with Crippen molar-refractivity contribution in [3.63, 3.8) is 0 Å². The van der Waals surface area contributed by atoms with Crippen LogP contribution in [-0.4, -0.2) is 44.3 Å². The number of aromatic nitrogens is 1. The molecule has 1 fully saturated rings. The van der Waals surface area contributed by atoms with E-state index in [1.54, 1.807) is 18.4 Å². The Hall–Kier alpha value is -2.90. The molecule has 1 atom stereocenters. The first kappa shape index (κ1) is 21.0. The molecule has 0 radical (unpaired) electrons. The van der Waals surface area contributed by atoms with Crippen LogP contribution in [0.5, 0.6) is 5.75 Å². The number of nitrogens with zero attached hydrogens (tertiary/aromatic N) is 2. The minimum atomic E-state index is -0.0701. The van der Waals surface area contributed by atoms with Crippen LogP contribution < -0.4 is 15.0 Å². The van der Waals surface area contributed by atoms with Crippen LogP contribution in [0.1, 0.15) is 40.4 Å². The van der Waals surface area contributed by atoms with Crippen molar-refractivity contribution in [3.8, 4) is 17.0 Å². The predicted octanol–water partition coefficient (Wildman–Crippen LogP) is 4.46. The standard InChI is InChI=1S/C25H27N3O3S/c1-30-23-10-9-18(24(29)26-21-8-4-6-17-5-2-3-7-19(17)21)15-20(23)22-16-32-25(27-22)28-11-13-31-14-12-28/h2-3,5,7,9-10,15-16,21H,4,6,8,11-14H2,1H3,(H,26,29). The number of nitrogens with one attached hydrogen (secondary N) is 1. The van der Waals surface area contributed by atoms with Gasteiger partial charge in [0.2, 0.25) is 0 Å². The fraction of sp³-hybridized carbons (Fsp3) is 0.360. The summed E-state index contributed by atoms with van der Waals surface area (Å²) in [6.07, 6.45) is 3.12. The largest absolute Gasteiger partial charge is 0.496 e. The first-order valence-electron chi connectivity index (χ1n) is 11.1. The lowest BCUT2D eigenvalue weighted by molar-refractivity contribution is 0.0932. The number of amides is 1. The first-order chi connectivity index (χ1) is 15.7. The van der Waals surface area contributed by atoms with Gasteiger partial charge in [0.1, 0.15) is 5.75 Å². The topological polar surface area (TPSA) is 63.7 Å². The number of rotatable bonds is 5. The summed E-state index contributed by atoms with van der Waals surface area (Å²) in [6, 6.07) is 14.0. The van der Waals surface area contributed by atoms with Crippen LogP contribution in [-0.2, 0) is 11.2 Å². The number of thiazole rings is 1. The molecule has 1 N–H and O–H groups in total. The van der Waals surface area contributed by atoms with Gasteiger partial charge in [-0.3, -0.25) is 4.79 Å². The highest BCUT2D eigenvalue weighted by Crippen LogP contribution is 2.35. The second-order valence-electron chi connectivity index (χ2n) is 8.15. The number of carbonyl (C=O) groups excluding carboxylic acids is 1. The molecular formula is C25H27N3O3S. The van der Waals surface area contributed by atoms with E-state index < -0.39 is 0 Å². The molecule has 1 aliphatic heterocycles. The number of fused-ring (bicyclic) bond motifs is 1. The van der Waals surface area contributed by atoms with Crippen LogP contribution in [0.4, 0.5) is 5.13 Å². The number of aryl methyl sites for hydroxylation is 1. The molecule has 2 heterocycles. The summed E-state index contributed by atoms with van der Waals surface area (Å²) in [5.74, 6) is 0.641. The van der Waals surface area contributed by atoms with Crippen LogP contribution in [0, 0.1) is 0 Å². The monoisotopic (exact) mass is 449 g/mol. The van der Waals surface area contributed by atoms with E-state index in [0.717, 1.165) is 62.0 Å².